The summed E-state index contributed by atoms with van der Waals surface area (Å²) in [5.41, 5.74) is -1.45. The third-order valence-electron chi connectivity index (χ3n) is 4.29. The van der Waals surface area contributed by atoms with Crippen LogP contribution in [0.1, 0.15) is 33.5 Å². The molecule has 0 unspecified atom stereocenters. The second-order valence-electron chi connectivity index (χ2n) is 6.23. The molecule has 2 heterocycles. The average Bonchev–Trinajstić information content (AvgIpc) is 2.86. The molecule has 0 aliphatic carbocycles. The average molecular weight is 305 g/mol. The van der Waals surface area contributed by atoms with Gasteiger partial charge in [-0.25, -0.2) is 15.0 Å². The number of rotatable bonds is 4. The van der Waals surface area contributed by atoms with E-state index < -0.39 is 22.7 Å². The SMILES string of the molecule is Cc1nc(NC(=O)C(C)(C)C(C)(C)C(=O)O)c2[nH]cnc2n1. The van der Waals surface area contributed by atoms with Crippen LogP contribution in [0, 0.1) is 17.8 Å². The number of nitrogens with zero attached hydrogens (tertiary/aromatic N) is 3. The molecular formula is C14H19N5O3. The van der Waals surface area contributed by atoms with Gasteiger partial charge in [-0.15, -0.1) is 0 Å². The van der Waals surface area contributed by atoms with Crippen molar-refractivity contribution in [2.24, 2.45) is 10.8 Å². The van der Waals surface area contributed by atoms with Crippen LogP contribution in [-0.2, 0) is 9.59 Å². The lowest BCUT2D eigenvalue weighted by Gasteiger charge is -2.36. The maximum atomic E-state index is 12.6. The van der Waals surface area contributed by atoms with Crippen LogP contribution in [0.2, 0.25) is 0 Å². The highest BCUT2D eigenvalue weighted by Gasteiger charge is 2.48. The molecule has 8 nitrogen and oxygen atoms in total. The number of carboxylic acids is 1. The molecule has 0 fully saturated rings. The molecule has 0 atom stereocenters. The fraction of sp³-hybridized carbons (Fsp3) is 0.500. The number of amides is 1. The van der Waals surface area contributed by atoms with E-state index in [1.54, 1.807) is 20.8 Å². The first-order valence-corrected chi connectivity index (χ1v) is 6.80. The monoisotopic (exact) mass is 305 g/mol. The van der Waals surface area contributed by atoms with E-state index in [9.17, 15) is 14.7 Å². The first-order chi connectivity index (χ1) is 10.1. The van der Waals surface area contributed by atoms with E-state index in [4.69, 9.17) is 0 Å². The third kappa shape index (κ3) is 2.40. The van der Waals surface area contributed by atoms with Gasteiger partial charge in [-0.05, 0) is 34.6 Å². The molecule has 22 heavy (non-hydrogen) atoms. The van der Waals surface area contributed by atoms with Gasteiger partial charge >= 0.3 is 5.97 Å². The van der Waals surface area contributed by atoms with Gasteiger partial charge in [0.05, 0.1) is 17.2 Å². The number of carbonyl (C=O) groups is 2. The van der Waals surface area contributed by atoms with Crippen molar-refractivity contribution in [3.63, 3.8) is 0 Å². The molecule has 2 rings (SSSR count). The number of hydrogen-bond acceptors (Lipinski definition) is 5. The summed E-state index contributed by atoms with van der Waals surface area (Å²) >= 11 is 0. The first-order valence-electron chi connectivity index (χ1n) is 6.80. The standard InChI is InChI=1S/C14H19N5O3/c1-7-17-9-8(15-6-16-9)10(18-7)19-11(20)13(2,3)14(4,5)12(21)22/h6H,1-5H3,(H,21,22)(H2,15,16,17,18,19,20). The van der Waals surface area contributed by atoms with Crippen LogP contribution in [0.4, 0.5) is 5.82 Å². The maximum Gasteiger partial charge on any atom is 0.310 e. The van der Waals surface area contributed by atoms with Crippen LogP contribution >= 0.6 is 0 Å². The molecule has 0 aliphatic heterocycles. The number of carbonyl (C=O) groups excluding carboxylic acids is 1. The number of aliphatic carboxylic acids is 1. The van der Waals surface area contributed by atoms with Gasteiger partial charge in [-0.3, -0.25) is 9.59 Å². The number of nitrogens with one attached hydrogen (secondary N) is 2. The van der Waals surface area contributed by atoms with Gasteiger partial charge in [0.1, 0.15) is 11.3 Å². The first kappa shape index (κ1) is 15.9. The van der Waals surface area contributed by atoms with E-state index in [1.807, 2.05) is 0 Å². The van der Waals surface area contributed by atoms with Crippen LogP contribution < -0.4 is 5.32 Å². The number of aryl methyl sites for hydroxylation is 1. The highest BCUT2D eigenvalue weighted by atomic mass is 16.4. The van der Waals surface area contributed by atoms with Crippen molar-refractivity contribution in [2.45, 2.75) is 34.6 Å². The summed E-state index contributed by atoms with van der Waals surface area (Å²) in [5.74, 6) is -0.725. The van der Waals surface area contributed by atoms with Gasteiger partial charge in [0.2, 0.25) is 5.91 Å². The normalized spacial score (nSPS) is 12.4. The highest BCUT2D eigenvalue weighted by molar-refractivity contribution is 6.01. The predicted octanol–water partition coefficient (Wildman–Crippen LogP) is 1.74. The van der Waals surface area contributed by atoms with E-state index in [2.05, 4.69) is 25.3 Å². The number of anilines is 1. The number of aromatic nitrogens is 4. The molecule has 2 aromatic heterocycles. The zero-order valence-electron chi connectivity index (χ0n) is 13.2. The van der Waals surface area contributed by atoms with E-state index >= 15 is 0 Å². The summed E-state index contributed by atoms with van der Waals surface area (Å²) in [4.78, 5) is 39.3. The van der Waals surface area contributed by atoms with Gasteiger partial charge in [-0.1, -0.05) is 0 Å². The van der Waals surface area contributed by atoms with Crippen molar-refractivity contribution in [1.82, 2.24) is 19.9 Å². The fourth-order valence-corrected chi connectivity index (χ4v) is 1.85. The molecule has 0 aliphatic rings. The molecule has 2 aromatic rings. The van der Waals surface area contributed by atoms with Gasteiger partial charge in [0.15, 0.2) is 11.5 Å². The second kappa shape index (κ2) is 5.04. The Balaban J connectivity index is 2.39. The summed E-state index contributed by atoms with van der Waals surface area (Å²) < 4.78 is 0. The lowest BCUT2D eigenvalue weighted by molar-refractivity contribution is -0.158. The van der Waals surface area contributed by atoms with Crippen molar-refractivity contribution < 1.29 is 14.7 Å². The molecule has 1 amide bonds. The summed E-state index contributed by atoms with van der Waals surface area (Å²) in [6, 6.07) is 0. The minimum Gasteiger partial charge on any atom is -0.481 e. The Morgan fingerprint density at radius 1 is 1.18 bits per heavy atom. The molecule has 0 bridgehead atoms. The lowest BCUT2D eigenvalue weighted by Crippen LogP contribution is -2.47. The van der Waals surface area contributed by atoms with Crippen LogP contribution in [0.25, 0.3) is 11.2 Å². The summed E-state index contributed by atoms with van der Waals surface area (Å²) in [6.45, 7) is 7.91. The number of imidazole rings is 1. The summed E-state index contributed by atoms with van der Waals surface area (Å²) in [7, 11) is 0. The van der Waals surface area contributed by atoms with E-state index in [1.165, 1.54) is 20.2 Å². The third-order valence-corrected chi connectivity index (χ3v) is 4.29. The molecule has 0 aromatic carbocycles. The molecule has 3 N–H and O–H groups in total. The maximum absolute atomic E-state index is 12.6. The Morgan fingerprint density at radius 2 is 1.82 bits per heavy atom. The Hall–Kier alpha value is -2.51. The molecular weight excluding hydrogens is 286 g/mol. The van der Waals surface area contributed by atoms with Crippen LogP contribution in [0.15, 0.2) is 6.33 Å². The van der Waals surface area contributed by atoms with Crippen molar-refractivity contribution >= 4 is 28.9 Å². The van der Waals surface area contributed by atoms with Gasteiger partial charge < -0.3 is 15.4 Å². The number of H-pyrrole nitrogens is 1. The van der Waals surface area contributed by atoms with Crippen molar-refractivity contribution in [3.05, 3.63) is 12.2 Å². The van der Waals surface area contributed by atoms with E-state index in [0.29, 0.717) is 22.8 Å². The Kier molecular flexibility index (Phi) is 3.64. The highest BCUT2D eigenvalue weighted by Crippen LogP contribution is 2.39. The number of fused-ring (bicyclic) bond motifs is 1. The molecule has 0 radical (unpaired) electrons. The smallest absolute Gasteiger partial charge is 0.310 e. The quantitative estimate of drug-likeness (QED) is 0.791. The molecule has 8 heteroatoms. The van der Waals surface area contributed by atoms with Crippen molar-refractivity contribution in [2.75, 3.05) is 5.32 Å². The Bertz CT molecular complexity index is 748. The summed E-state index contributed by atoms with van der Waals surface area (Å²) in [5, 5.41) is 12.0. The zero-order valence-corrected chi connectivity index (χ0v) is 13.2. The van der Waals surface area contributed by atoms with Crippen LogP contribution in [0.3, 0.4) is 0 Å². The predicted molar refractivity (Wildman–Crippen MR) is 80.2 cm³/mol. The topological polar surface area (TPSA) is 121 Å². The molecule has 118 valence electrons. The molecule has 0 saturated carbocycles. The summed E-state index contributed by atoms with van der Waals surface area (Å²) in [6.07, 6.45) is 1.46. The van der Waals surface area contributed by atoms with Gasteiger partial charge in [0, 0.05) is 0 Å². The lowest BCUT2D eigenvalue weighted by atomic mass is 9.67. The largest absolute Gasteiger partial charge is 0.481 e. The van der Waals surface area contributed by atoms with Gasteiger partial charge in [0.25, 0.3) is 0 Å². The Labute approximate surface area is 127 Å². The van der Waals surface area contributed by atoms with E-state index in [0.717, 1.165) is 0 Å². The molecule has 0 saturated heterocycles. The van der Waals surface area contributed by atoms with Crippen molar-refractivity contribution in [3.8, 4) is 0 Å². The molecule has 0 spiro atoms. The number of hydrogen-bond donors (Lipinski definition) is 3. The minimum atomic E-state index is -1.24. The van der Waals surface area contributed by atoms with Gasteiger partial charge in [-0.2, -0.15) is 0 Å². The number of carboxylic acid groups (broad SMARTS) is 1. The minimum absolute atomic E-state index is 0.291. The van der Waals surface area contributed by atoms with Crippen molar-refractivity contribution in [1.29, 1.82) is 0 Å². The zero-order chi connectivity index (χ0) is 16.7. The fourth-order valence-electron chi connectivity index (χ4n) is 1.85. The van der Waals surface area contributed by atoms with E-state index in [-0.39, 0.29) is 0 Å². The second-order valence-corrected chi connectivity index (χ2v) is 6.23. The van der Waals surface area contributed by atoms with Crippen LogP contribution in [-0.4, -0.2) is 36.9 Å². The Morgan fingerprint density at radius 3 is 2.41 bits per heavy atom. The van der Waals surface area contributed by atoms with Crippen LogP contribution in [0.5, 0.6) is 0 Å². The number of aromatic amines is 1.